The Morgan fingerprint density at radius 3 is 2.75 bits per heavy atom. The van der Waals surface area contributed by atoms with Gasteiger partial charge in [-0.05, 0) is 32.4 Å². The standard InChI is InChI=1S/C16H22N2O2/c1-17-12-6-9-18(10-7-12)16(19)14-8-11-20-15-5-3-2-4-13(14)15/h2-5,12,14,17H,6-11H2,1H3. The maximum atomic E-state index is 12.8. The Morgan fingerprint density at radius 2 is 2.00 bits per heavy atom. The molecule has 1 aromatic rings. The van der Waals surface area contributed by atoms with Crippen LogP contribution in [0.1, 0.15) is 30.7 Å². The molecule has 1 fully saturated rings. The fourth-order valence-electron chi connectivity index (χ4n) is 3.21. The highest BCUT2D eigenvalue weighted by molar-refractivity contribution is 5.85. The van der Waals surface area contributed by atoms with Gasteiger partial charge in [-0.3, -0.25) is 4.79 Å². The van der Waals surface area contributed by atoms with Crippen LogP contribution in [0.2, 0.25) is 0 Å². The summed E-state index contributed by atoms with van der Waals surface area (Å²) in [6.45, 7) is 2.37. The minimum absolute atomic E-state index is 0.0221. The lowest BCUT2D eigenvalue weighted by Crippen LogP contribution is -2.46. The molecule has 0 bridgehead atoms. The number of nitrogens with zero attached hydrogens (tertiary/aromatic N) is 1. The van der Waals surface area contributed by atoms with Crippen molar-refractivity contribution in [3.63, 3.8) is 0 Å². The highest BCUT2D eigenvalue weighted by Gasteiger charge is 2.32. The van der Waals surface area contributed by atoms with Crippen LogP contribution in [0.25, 0.3) is 0 Å². The Balaban J connectivity index is 1.72. The lowest BCUT2D eigenvalue weighted by molar-refractivity contribution is -0.134. The van der Waals surface area contributed by atoms with E-state index in [2.05, 4.69) is 5.32 Å². The zero-order valence-corrected chi connectivity index (χ0v) is 12.0. The molecule has 2 aliphatic heterocycles. The summed E-state index contributed by atoms with van der Waals surface area (Å²) in [6, 6.07) is 8.49. The first-order valence-corrected chi connectivity index (χ1v) is 7.47. The van der Waals surface area contributed by atoms with Crippen molar-refractivity contribution in [2.75, 3.05) is 26.7 Å². The van der Waals surface area contributed by atoms with Gasteiger partial charge in [-0.2, -0.15) is 0 Å². The summed E-state index contributed by atoms with van der Waals surface area (Å²) in [4.78, 5) is 14.8. The van der Waals surface area contributed by atoms with Crippen LogP contribution in [0.5, 0.6) is 5.75 Å². The van der Waals surface area contributed by atoms with Gasteiger partial charge in [0, 0.05) is 24.7 Å². The van der Waals surface area contributed by atoms with E-state index in [0.29, 0.717) is 12.6 Å². The molecular weight excluding hydrogens is 252 g/mol. The molecule has 0 saturated carbocycles. The second-order valence-electron chi connectivity index (χ2n) is 5.62. The van der Waals surface area contributed by atoms with E-state index in [9.17, 15) is 4.79 Å². The molecule has 1 saturated heterocycles. The fraction of sp³-hybridized carbons (Fsp3) is 0.562. The Hall–Kier alpha value is -1.55. The number of amides is 1. The van der Waals surface area contributed by atoms with Crippen molar-refractivity contribution in [3.05, 3.63) is 29.8 Å². The summed E-state index contributed by atoms with van der Waals surface area (Å²) >= 11 is 0. The van der Waals surface area contributed by atoms with Crippen molar-refractivity contribution in [2.45, 2.75) is 31.2 Å². The molecule has 1 aromatic carbocycles. The number of piperidine rings is 1. The molecule has 1 amide bonds. The molecule has 1 N–H and O–H groups in total. The van der Waals surface area contributed by atoms with Gasteiger partial charge in [0.25, 0.3) is 0 Å². The minimum Gasteiger partial charge on any atom is -0.493 e. The molecule has 1 unspecified atom stereocenters. The number of para-hydroxylation sites is 1. The smallest absolute Gasteiger partial charge is 0.230 e. The molecule has 0 spiro atoms. The molecule has 2 heterocycles. The predicted octanol–water partition coefficient (Wildman–Crippen LogP) is 1.76. The Kier molecular flexibility index (Phi) is 3.92. The van der Waals surface area contributed by atoms with Crippen molar-refractivity contribution < 1.29 is 9.53 Å². The van der Waals surface area contributed by atoms with Crippen LogP contribution in [-0.2, 0) is 4.79 Å². The number of fused-ring (bicyclic) bond motifs is 1. The van der Waals surface area contributed by atoms with Crippen molar-refractivity contribution in [1.82, 2.24) is 10.2 Å². The Bertz CT molecular complexity index is 481. The van der Waals surface area contributed by atoms with Crippen LogP contribution in [0.15, 0.2) is 24.3 Å². The van der Waals surface area contributed by atoms with Crippen LogP contribution in [0, 0.1) is 0 Å². The lowest BCUT2D eigenvalue weighted by Gasteiger charge is -2.35. The number of nitrogens with one attached hydrogen (secondary N) is 1. The summed E-state index contributed by atoms with van der Waals surface area (Å²) in [5.74, 6) is 1.13. The number of ether oxygens (including phenoxy) is 1. The van der Waals surface area contributed by atoms with E-state index in [1.165, 1.54) is 0 Å². The second kappa shape index (κ2) is 5.83. The number of carbonyl (C=O) groups excluding carboxylic acids is 1. The average molecular weight is 274 g/mol. The van der Waals surface area contributed by atoms with Crippen molar-refractivity contribution >= 4 is 5.91 Å². The SMILES string of the molecule is CNC1CCN(C(=O)C2CCOc3ccccc32)CC1. The molecule has 0 aromatic heterocycles. The largest absolute Gasteiger partial charge is 0.493 e. The molecule has 0 radical (unpaired) electrons. The topological polar surface area (TPSA) is 41.6 Å². The maximum Gasteiger partial charge on any atom is 0.230 e. The van der Waals surface area contributed by atoms with Crippen LogP contribution in [-0.4, -0.2) is 43.6 Å². The van der Waals surface area contributed by atoms with Crippen molar-refractivity contribution in [3.8, 4) is 5.75 Å². The zero-order chi connectivity index (χ0) is 13.9. The normalized spacial score (nSPS) is 23.1. The fourth-order valence-corrected chi connectivity index (χ4v) is 3.21. The van der Waals surface area contributed by atoms with Crippen LogP contribution < -0.4 is 10.1 Å². The van der Waals surface area contributed by atoms with E-state index >= 15 is 0 Å². The highest BCUT2D eigenvalue weighted by atomic mass is 16.5. The molecule has 108 valence electrons. The minimum atomic E-state index is -0.0221. The van der Waals surface area contributed by atoms with Crippen molar-refractivity contribution in [2.24, 2.45) is 0 Å². The molecule has 4 heteroatoms. The number of rotatable bonds is 2. The summed E-state index contributed by atoms with van der Waals surface area (Å²) in [7, 11) is 2.00. The van der Waals surface area contributed by atoms with E-state index in [4.69, 9.17) is 4.74 Å². The molecule has 1 atom stereocenters. The van der Waals surface area contributed by atoms with Gasteiger partial charge in [-0.25, -0.2) is 0 Å². The highest BCUT2D eigenvalue weighted by Crippen LogP contribution is 2.35. The van der Waals surface area contributed by atoms with Gasteiger partial charge in [0.1, 0.15) is 5.75 Å². The summed E-state index contributed by atoms with van der Waals surface area (Å²) < 4.78 is 5.64. The van der Waals surface area contributed by atoms with Crippen LogP contribution >= 0.6 is 0 Å². The van der Waals surface area contributed by atoms with E-state index in [0.717, 1.165) is 43.7 Å². The molecule has 20 heavy (non-hydrogen) atoms. The molecule has 3 rings (SSSR count). The predicted molar refractivity (Wildman–Crippen MR) is 78.0 cm³/mol. The third-order valence-electron chi connectivity index (χ3n) is 4.47. The van der Waals surface area contributed by atoms with Gasteiger partial charge in [-0.15, -0.1) is 0 Å². The number of hydrogen-bond acceptors (Lipinski definition) is 3. The quantitative estimate of drug-likeness (QED) is 0.893. The number of benzene rings is 1. The Morgan fingerprint density at radius 1 is 1.25 bits per heavy atom. The van der Waals surface area contributed by atoms with E-state index in [-0.39, 0.29) is 11.8 Å². The monoisotopic (exact) mass is 274 g/mol. The Labute approximate surface area is 120 Å². The van der Waals surface area contributed by atoms with Gasteiger partial charge in [0.05, 0.1) is 12.5 Å². The average Bonchev–Trinajstić information content (AvgIpc) is 2.54. The number of likely N-dealkylation sites (tertiary alicyclic amines) is 1. The van der Waals surface area contributed by atoms with Gasteiger partial charge in [0.15, 0.2) is 0 Å². The third-order valence-corrected chi connectivity index (χ3v) is 4.47. The van der Waals surface area contributed by atoms with Gasteiger partial charge in [0.2, 0.25) is 5.91 Å². The third kappa shape index (κ3) is 2.52. The van der Waals surface area contributed by atoms with Gasteiger partial charge < -0.3 is 15.0 Å². The van der Waals surface area contributed by atoms with Crippen LogP contribution in [0.3, 0.4) is 0 Å². The van der Waals surface area contributed by atoms with Crippen LogP contribution in [0.4, 0.5) is 0 Å². The van der Waals surface area contributed by atoms with Gasteiger partial charge >= 0.3 is 0 Å². The second-order valence-corrected chi connectivity index (χ2v) is 5.62. The zero-order valence-electron chi connectivity index (χ0n) is 12.0. The summed E-state index contributed by atoms with van der Waals surface area (Å²) in [5.41, 5.74) is 1.06. The first kappa shape index (κ1) is 13.4. The first-order chi connectivity index (χ1) is 9.79. The molecule has 2 aliphatic rings. The molecular formula is C16H22N2O2. The van der Waals surface area contributed by atoms with E-state index < -0.39 is 0 Å². The maximum absolute atomic E-state index is 12.8. The van der Waals surface area contributed by atoms with Crippen molar-refractivity contribution in [1.29, 1.82) is 0 Å². The summed E-state index contributed by atoms with van der Waals surface area (Å²) in [6.07, 6.45) is 2.89. The number of hydrogen-bond donors (Lipinski definition) is 1. The molecule has 0 aliphatic carbocycles. The molecule has 4 nitrogen and oxygen atoms in total. The lowest BCUT2D eigenvalue weighted by atomic mass is 9.91. The first-order valence-electron chi connectivity index (χ1n) is 7.47. The van der Waals surface area contributed by atoms with Gasteiger partial charge in [-0.1, -0.05) is 18.2 Å². The summed E-state index contributed by atoms with van der Waals surface area (Å²) in [5, 5.41) is 3.30. The van der Waals surface area contributed by atoms with E-state index in [1.54, 1.807) is 0 Å². The van der Waals surface area contributed by atoms with E-state index in [1.807, 2.05) is 36.2 Å². The number of carbonyl (C=O) groups is 1.